The lowest BCUT2D eigenvalue weighted by atomic mass is 9.88. The molecule has 5 aromatic rings. The summed E-state index contributed by atoms with van der Waals surface area (Å²) in [7, 11) is 0. The normalized spacial score (nSPS) is 17.5. The van der Waals surface area contributed by atoms with E-state index in [0.29, 0.717) is 63.7 Å². The number of amides is 1. The van der Waals surface area contributed by atoms with Gasteiger partial charge in [-0.1, -0.05) is 30.2 Å². The fraction of sp³-hybridized carbons (Fsp3) is 0.258. The summed E-state index contributed by atoms with van der Waals surface area (Å²) in [4.78, 5) is 31.4. The second kappa shape index (κ2) is 11.9. The fourth-order valence-corrected chi connectivity index (χ4v) is 5.60. The van der Waals surface area contributed by atoms with E-state index in [1.165, 1.54) is 41.0 Å². The fourth-order valence-electron chi connectivity index (χ4n) is 5.43. The van der Waals surface area contributed by atoms with Crippen LogP contribution in [-0.2, 0) is 4.79 Å². The monoisotopic (exact) mass is 612 g/mol. The van der Waals surface area contributed by atoms with Gasteiger partial charge < -0.3 is 9.73 Å². The van der Waals surface area contributed by atoms with E-state index < -0.39 is 12.2 Å². The highest BCUT2D eigenvalue weighted by Gasteiger charge is 2.26. The van der Waals surface area contributed by atoms with Crippen molar-refractivity contribution in [2.75, 3.05) is 5.32 Å². The lowest BCUT2D eigenvalue weighted by Crippen LogP contribution is -2.22. The number of hydrogen-bond acceptors (Lipinski definition) is 8. The van der Waals surface area contributed by atoms with Gasteiger partial charge in [-0.3, -0.25) is 14.6 Å². The molecule has 3 atom stereocenters. The van der Waals surface area contributed by atoms with Gasteiger partial charge in [0.2, 0.25) is 5.91 Å². The van der Waals surface area contributed by atoms with E-state index in [1.54, 1.807) is 36.5 Å². The third-order valence-electron chi connectivity index (χ3n) is 7.69. The summed E-state index contributed by atoms with van der Waals surface area (Å²) in [5, 5.41) is 24.5. The van der Waals surface area contributed by atoms with E-state index in [2.05, 4.69) is 25.7 Å². The second-order valence-corrected chi connectivity index (χ2v) is 11.1. The average Bonchev–Trinajstić information content (AvgIpc) is 3.67. The van der Waals surface area contributed by atoms with Crippen LogP contribution in [0.4, 0.5) is 10.1 Å². The van der Waals surface area contributed by atoms with Crippen LogP contribution >= 0.6 is 11.6 Å². The highest BCUT2D eigenvalue weighted by molar-refractivity contribution is 6.31. The third-order valence-corrected chi connectivity index (χ3v) is 7.93. The number of pyridine rings is 1. The van der Waals surface area contributed by atoms with Gasteiger partial charge in [0.15, 0.2) is 17.4 Å². The average molecular weight is 613 g/mol. The molecule has 222 valence electrons. The van der Waals surface area contributed by atoms with E-state index in [9.17, 15) is 19.2 Å². The number of anilines is 1. The first-order chi connectivity index (χ1) is 21.2. The molecule has 1 aliphatic rings. The molecular weight excluding hydrogens is 587 g/mol. The quantitative estimate of drug-likeness (QED) is 0.258. The van der Waals surface area contributed by atoms with Crippen LogP contribution in [0.25, 0.3) is 28.3 Å². The zero-order chi connectivity index (χ0) is 31.0. The molecule has 0 spiro atoms. The van der Waals surface area contributed by atoms with Gasteiger partial charge in [-0.15, -0.1) is 5.10 Å². The molecule has 6 rings (SSSR count). The number of nitrogens with zero attached hydrogens (tertiary/aromatic N) is 7. The highest BCUT2D eigenvalue weighted by atomic mass is 35.5. The standard InChI is InChI=1S/C31H26ClFN8O3/c1-17-4-3-5-22(25-10-19(8-9-35-25)30-26(37-31(17)43)14-36-41(30)18(2)33)24-16-44-29(12-28(24)42)23-11-20(32)6-7-27(23)40-15-21(13-34)38-39-40/h6-12,14-18,22H,3-5H2,1-2H3,(H,37,43)/t17-,18?,22?/m0/s1. The number of aromatic nitrogens is 6. The zero-order valence-corrected chi connectivity index (χ0v) is 24.5. The Morgan fingerprint density at radius 2 is 2.05 bits per heavy atom. The van der Waals surface area contributed by atoms with Crippen LogP contribution in [0.5, 0.6) is 0 Å². The molecule has 13 heteroatoms. The molecule has 0 radical (unpaired) electrons. The first-order valence-electron chi connectivity index (χ1n) is 14.0. The molecule has 5 heterocycles. The molecule has 1 aromatic carbocycles. The number of halogens is 2. The van der Waals surface area contributed by atoms with Gasteiger partial charge in [0.1, 0.15) is 11.8 Å². The lowest BCUT2D eigenvalue weighted by molar-refractivity contribution is -0.119. The Morgan fingerprint density at radius 3 is 2.80 bits per heavy atom. The number of hydrogen-bond donors (Lipinski definition) is 1. The topological polar surface area (TPSA) is 145 Å². The Bertz CT molecular complexity index is 1970. The van der Waals surface area contributed by atoms with Crippen LogP contribution in [0.15, 0.2) is 70.5 Å². The van der Waals surface area contributed by atoms with E-state index >= 15 is 0 Å². The maximum atomic E-state index is 14.6. The molecule has 1 amide bonds. The van der Waals surface area contributed by atoms with E-state index in [4.69, 9.17) is 16.0 Å². The summed E-state index contributed by atoms with van der Waals surface area (Å²) < 4.78 is 23.3. The van der Waals surface area contributed by atoms with Gasteiger partial charge >= 0.3 is 0 Å². The van der Waals surface area contributed by atoms with E-state index in [0.717, 1.165) is 0 Å². The van der Waals surface area contributed by atoms with Crippen molar-refractivity contribution in [3.05, 3.63) is 93.4 Å². The van der Waals surface area contributed by atoms with Crippen LogP contribution in [0, 0.1) is 17.2 Å². The van der Waals surface area contributed by atoms with Gasteiger partial charge in [-0.05, 0) is 50.1 Å². The summed E-state index contributed by atoms with van der Waals surface area (Å²) in [6.45, 7) is 3.19. The van der Waals surface area contributed by atoms with Gasteiger partial charge in [0.05, 0.1) is 35.7 Å². The Balaban J connectivity index is 1.44. The molecule has 0 fully saturated rings. The van der Waals surface area contributed by atoms with Gasteiger partial charge in [-0.25, -0.2) is 13.8 Å². The SMILES string of the molecule is CC(F)n1ncc2c1-c1ccnc(c1)C(c1coc(-c3cc(Cl)ccc3-n3cc(C#N)nn3)cc1=O)CCC[C@H](C)C(=O)N2. The predicted octanol–water partition coefficient (Wildman–Crippen LogP) is 6.05. The molecule has 1 N–H and O–H groups in total. The largest absolute Gasteiger partial charge is 0.464 e. The van der Waals surface area contributed by atoms with Crippen molar-refractivity contribution < 1.29 is 13.6 Å². The van der Waals surface area contributed by atoms with Crippen LogP contribution in [0.2, 0.25) is 5.02 Å². The maximum Gasteiger partial charge on any atom is 0.227 e. The number of fused-ring (bicyclic) bond motifs is 4. The van der Waals surface area contributed by atoms with Crippen LogP contribution in [0.3, 0.4) is 0 Å². The second-order valence-electron chi connectivity index (χ2n) is 10.7. The van der Waals surface area contributed by atoms with Crippen molar-refractivity contribution in [1.82, 2.24) is 29.8 Å². The Hall–Kier alpha value is -5.15. The van der Waals surface area contributed by atoms with Gasteiger partial charge in [-0.2, -0.15) is 10.4 Å². The maximum absolute atomic E-state index is 14.6. The number of nitrogens with one attached hydrogen (secondary N) is 1. The Kier molecular flexibility index (Phi) is 7.80. The first-order valence-corrected chi connectivity index (χ1v) is 14.4. The van der Waals surface area contributed by atoms with Crippen LogP contribution < -0.4 is 10.7 Å². The molecule has 2 bridgehead atoms. The van der Waals surface area contributed by atoms with Crippen LogP contribution in [0.1, 0.15) is 62.3 Å². The summed E-state index contributed by atoms with van der Waals surface area (Å²) in [5.41, 5.74) is 3.23. The third kappa shape index (κ3) is 5.49. The molecule has 1 aliphatic heterocycles. The molecule has 44 heavy (non-hydrogen) atoms. The number of rotatable bonds is 4. The van der Waals surface area contributed by atoms with Crippen molar-refractivity contribution in [2.45, 2.75) is 45.3 Å². The zero-order valence-electron chi connectivity index (χ0n) is 23.7. The van der Waals surface area contributed by atoms with Gasteiger partial charge in [0, 0.05) is 51.5 Å². The van der Waals surface area contributed by atoms with Crippen LogP contribution in [-0.4, -0.2) is 35.7 Å². The van der Waals surface area contributed by atoms with Crippen molar-refractivity contribution in [2.24, 2.45) is 5.92 Å². The molecule has 0 saturated carbocycles. The Labute approximate surface area is 255 Å². The summed E-state index contributed by atoms with van der Waals surface area (Å²) >= 11 is 6.30. The number of nitriles is 1. The van der Waals surface area contributed by atoms with E-state index in [-0.39, 0.29) is 28.7 Å². The summed E-state index contributed by atoms with van der Waals surface area (Å²) in [6.07, 6.45) is 6.18. The highest BCUT2D eigenvalue weighted by Crippen LogP contribution is 2.36. The molecule has 0 aliphatic carbocycles. The van der Waals surface area contributed by atoms with Gasteiger partial charge in [0.25, 0.3) is 0 Å². The number of alkyl halides is 1. The Morgan fingerprint density at radius 1 is 1.20 bits per heavy atom. The minimum atomic E-state index is -1.45. The minimum absolute atomic E-state index is 0.128. The first kappa shape index (κ1) is 28.9. The number of carbonyl (C=O) groups excluding carboxylic acids is 1. The summed E-state index contributed by atoms with van der Waals surface area (Å²) in [5.74, 6) is -0.751. The van der Waals surface area contributed by atoms with E-state index in [1.807, 2.05) is 13.0 Å². The molecule has 4 aromatic heterocycles. The predicted molar refractivity (Wildman–Crippen MR) is 160 cm³/mol. The molecular formula is C31H26ClFN8O3. The summed E-state index contributed by atoms with van der Waals surface area (Å²) in [6, 6.07) is 11.8. The number of carbonyl (C=O) groups is 1. The molecule has 2 unspecified atom stereocenters. The number of benzene rings is 1. The molecule has 11 nitrogen and oxygen atoms in total. The smallest absolute Gasteiger partial charge is 0.227 e. The minimum Gasteiger partial charge on any atom is -0.464 e. The van der Waals surface area contributed by atoms with Crippen molar-refractivity contribution >= 4 is 23.2 Å². The van der Waals surface area contributed by atoms with Crippen molar-refractivity contribution in [3.63, 3.8) is 0 Å². The van der Waals surface area contributed by atoms with Crippen molar-refractivity contribution in [1.29, 1.82) is 5.26 Å². The molecule has 0 saturated heterocycles. The lowest BCUT2D eigenvalue weighted by Gasteiger charge is -2.20. The van der Waals surface area contributed by atoms with Crippen molar-refractivity contribution in [3.8, 4) is 34.3 Å².